The molecule has 0 saturated heterocycles. The largest absolute Gasteiger partial charge is 0.0725 e. The van der Waals surface area contributed by atoms with E-state index in [0.29, 0.717) is 0 Å². The fourth-order valence-electron chi connectivity index (χ4n) is 24.2. The molecule has 0 saturated carbocycles. The normalized spacial score (nSPS) is 13.6. The van der Waals surface area contributed by atoms with Gasteiger partial charge in [-0.3, -0.25) is 0 Å². The molecule has 3 aliphatic carbocycles. The Morgan fingerprint density at radius 2 is 0.295 bits per heavy atom. The van der Waals surface area contributed by atoms with Gasteiger partial charge in [-0.2, -0.15) is 0 Å². The second-order valence-electron chi connectivity index (χ2n) is 51.5. The Morgan fingerprint density at radius 3 is 0.510 bits per heavy atom. The van der Waals surface area contributed by atoms with Gasteiger partial charge in [0.15, 0.2) is 0 Å². The minimum atomic E-state index is -1.15. The van der Waals surface area contributed by atoms with Crippen LogP contribution in [0.5, 0.6) is 0 Å². The molecule has 0 aromatic heterocycles. The van der Waals surface area contributed by atoms with E-state index in [1.54, 1.807) is 0 Å². The highest BCUT2D eigenvalue weighted by Gasteiger charge is 2.56. The lowest BCUT2D eigenvalue weighted by Gasteiger charge is -2.36. The zero-order valence-electron chi connectivity index (χ0n) is 92.2. The van der Waals surface area contributed by atoms with Crippen LogP contribution in [0, 0.1) is 6.92 Å². The zero-order valence-corrected chi connectivity index (χ0v) is 92.2. The van der Waals surface area contributed by atoms with Crippen LogP contribution < -0.4 is 0 Å². The summed E-state index contributed by atoms with van der Waals surface area (Å²) < 4.78 is 0. The zero-order chi connectivity index (χ0) is 105. The van der Waals surface area contributed by atoms with Gasteiger partial charge in [-0.15, -0.1) is 0 Å². The first-order valence-electron chi connectivity index (χ1n) is 54.1. The van der Waals surface area contributed by atoms with Crippen molar-refractivity contribution in [2.75, 3.05) is 0 Å². The lowest BCUT2D eigenvalue weighted by molar-refractivity contribution is 0.590. The van der Waals surface area contributed by atoms with Gasteiger partial charge in [0.05, 0.1) is 10.8 Å². The van der Waals surface area contributed by atoms with Crippen molar-refractivity contribution in [3.63, 3.8) is 0 Å². The molecule has 19 aromatic carbocycles. The standard InChI is InChI=1S/C149H142/c1-93-33-32-40-134-137(93)139-136(74-73-135-138(139)130-36-28-31-39-133(130)149(135)131-37-29-26-34-128(131)129-35-27-30-38-132(129)149)148(134,126-89-114(110-79-102(94-41-57-118(58-42-94)140(2,3)4)75-103(80-110)95-43-59-119(60-44-95)141(5,6)7)87-115(90-126)111-81-104(96-45-61-120(62-46-96)142(8,9)10)76-105(82-111)97-47-63-121(64-48-97)143(11,12)13)127-91-116(112-83-106(98-49-65-122(66-50-98)144(14,15)16)77-107(84-112)99-51-67-123(68-52-99)145(17,18)19)88-117(92-127)113-85-108(100-53-69-124(70-54-100)146(20,21)22)78-109(86-113)101-55-71-125(72-56-101)147(23,24)25/h26-92H,1-25H3. The molecule has 0 heterocycles. The summed E-state index contributed by atoms with van der Waals surface area (Å²) in [4.78, 5) is 0. The van der Waals surface area contributed by atoms with Gasteiger partial charge in [-0.05, 0) is 421 Å². The van der Waals surface area contributed by atoms with Gasteiger partial charge >= 0.3 is 0 Å². The van der Waals surface area contributed by atoms with E-state index in [-0.39, 0.29) is 43.3 Å². The molecule has 0 fully saturated rings. The van der Waals surface area contributed by atoms with Crippen LogP contribution in [0.3, 0.4) is 0 Å². The fraction of sp³-hybridized carbons (Fsp3) is 0.235. The van der Waals surface area contributed by atoms with Gasteiger partial charge in [0.1, 0.15) is 0 Å². The van der Waals surface area contributed by atoms with E-state index < -0.39 is 10.8 Å². The Balaban J connectivity index is 0.926. The molecule has 0 heteroatoms. The summed E-state index contributed by atoms with van der Waals surface area (Å²) >= 11 is 0. The third-order valence-corrected chi connectivity index (χ3v) is 33.0. The van der Waals surface area contributed by atoms with Crippen LogP contribution >= 0.6 is 0 Å². The monoisotopic (exact) mass is 1930 g/mol. The van der Waals surface area contributed by atoms with Gasteiger partial charge in [-0.25, -0.2) is 0 Å². The molecular weight excluding hydrogens is 1790 g/mol. The van der Waals surface area contributed by atoms with Gasteiger partial charge in [-0.1, -0.05) is 463 Å². The maximum absolute atomic E-state index is 2.67. The molecule has 0 atom stereocenters. The molecule has 0 aliphatic heterocycles. The summed E-state index contributed by atoms with van der Waals surface area (Å²) in [5, 5.41) is 0. The highest BCUT2D eigenvalue weighted by atomic mass is 14.6. The summed E-state index contributed by atoms with van der Waals surface area (Å²) in [6.07, 6.45) is 0. The van der Waals surface area contributed by atoms with E-state index in [4.69, 9.17) is 0 Å². The topological polar surface area (TPSA) is 0 Å². The Labute approximate surface area is 888 Å². The van der Waals surface area contributed by atoms with E-state index in [0.717, 1.165) is 145 Å². The number of rotatable bonds is 14. The van der Waals surface area contributed by atoms with Gasteiger partial charge in [0, 0.05) is 0 Å². The second kappa shape index (κ2) is 36.3. The van der Waals surface area contributed by atoms with Gasteiger partial charge in [0.2, 0.25) is 0 Å². The van der Waals surface area contributed by atoms with Crippen LogP contribution in [-0.4, -0.2) is 0 Å². The number of hydrogen-bond donors (Lipinski definition) is 0. The quantitative estimate of drug-likeness (QED) is 0.102. The first kappa shape index (κ1) is 98.8. The molecule has 19 aromatic rings. The molecule has 22 rings (SSSR count). The van der Waals surface area contributed by atoms with Crippen LogP contribution in [0.25, 0.3) is 167 Å². The summed E-state index contributed by atoms with van der Waals surface area (Å²) in [7, 11) is 0. The Bertz CT molecular complexity index is 7350. The Morgan fingerprint density at radius 1 is 0.128 bits per heavy atom. The summed E-state index contributed by atoms with van der Waals surface area (Å²) in [6, 6.07) is 162. The van der Waals surface area contributed by atoms with E-state index in [9.17, 15) is 0 Å². The van der Waals surface area contributed by atoms with Crippen LogP contribution in [0.2, 0.25) is 0 Å². The van der Waals surface area contributed by atoms with E-state index in [1.807, 2.05) is 0 Å². The number of aryl methyl sites for hydroxylation is 1. The molecule has 3 aliphatic rings. The van der Waals surface area contributed by atoms with Crippen molar-refractivity contribution in [3.8, 4) is 167 Å². The molecule has 149 heavy (non-hydrogen) atoms. The maximum atomic E-state index is 2.67. The first-order valence-corrected chi connectivity index (χ1v) is 54.1. The highest BCUT2D eigenvalue weighted by Crippen LogP contribution is 2.69. The smallest absolute Gasteiger partial charge is 0.0619 e. The molecule has 0 unspecified atom stereocenters. The van der Waals surface area contributed by atoms with E-state index in [1.165, 1.54) is 117 Å². The molecular formula is C149H142. The molecule has 0 nitrogen and oxygen atoms in total. The summed E-state index contributed by atoms with van der Waals surface area (Å²) in [6.45, 7) is 58.2. The predicted molar refractivity (Wildman–Crippen MR) is 640 cm³/mol. The fourth-order valence-corrected chi connectivity index (χ4v) is 24.2. The average Bonchev–Trinajstić information content (AvgIpc) is 1.48. The molecule has 0 radical (unpaired) electrons. The van der Waals surface area contributed by atoms with Crippen LogP contribution in [0.4, 0.5) is 0 Å². The summed E-state index contributed by atoms with van der Waals surface area (Å²) in [5.74, 6) is 0. The van der Waals surface area contributed by atoms with Crippen molar-refractivity contribution < 1.29 is 0 Å². The van der Waals surface area contributed by atoms with Crippen molar-refractivity contribution in [2.45, 2.75) is 227 Å². The number of hydrogen-bond acceptors (Lipinski definition) is 0. The Kier molecular flexibility index (Phi) is 24.1. The van der Waals surface area contributed by atoms with E-state index >= 15 is 0 Å². The molecule has 0 bridgehead atoms. The average molecular weight is 1930 g/mol. The molecule has 0 amide bonds. The molecule has 0 N–H and O–H groups in total. The van der Waals surface area contributed by atoms with Crippen molar-refractivity contribution in [1.82, 2.24) is 0 Å². The molecule has 1 spiro atoms. The Hall–Kier alpha value is -14.8. The first-order chi connectivity index (χ1) is 70.7. The van der Waals surface area contributed by atoms with Crippen molar-refractivity contribution in [2.24, 2.45) is 0 Å². The van der Waals surface area contributed by atoms with Crippen molar-refractivity contribution >= 4 is 0 Å². The lowest BCUT2D eigenvalue weighted by Crippen LogP contribution is -2.29. The van der Waals surface area contributed by atoms with E-state index in [2.05, 4.69) is 580 Å². The second-order valence-corrected chi connectivity index (χ2v) is 51.5. The van der Waals surface area contributed by atoms with Crippen molar-refractivity contribution in [3.05, 3.63) is 501 Å². The summed E-state index contributed by atoms with van der Waals surface area (Å²) in [5.41, 5.74) is 54.5. The van der Waals surface area contributed by atoms with Gasteiger partial charge in [0.25, 0.3) is 0 Å². The van der Waals surface area contributed by atoms with Gasteiger partial charge < -0.3 is 0 Å². The molecule has 738 valence electrons. The van der Waals surface area contributed by atoms with Crippen LogP contribution in [0.1, 0.15) is 261 Å². The number of fused-ring (bicyclic) bond motifs is 14. The minimum Gasteiger partial charge on any atom is -0.0619 e. The predicted octanol–water partition coefficient (Wildman–Crippen LogP) is 41.1. The lowest BCUT2D eigenvalue weighted by atomic mass is 9.65. The number of benzene rings is 19. The third kappa shape index (κ3) is 18.0. The maximum Gasteiger partial charge on any atom is 0.0725 e. The SMILES string of the molecule is Cc1cccc2c1-c1c(ccc3c1-c1ccccc1C31c3ccccc3-c3ccccc31)C2(c1cc(-c2cc(-c3ccc(C(C)(C)C)cc3)cc(-c3ccc(C(C)(C)C)cc3)c2)cc(-c2cc(-c3ccc(C(C)(C)C)cc3)cc(-c3ccc(C(C)(C)C)cc3)c2)c1)c1cc(-c2cc(-c3ccc(C(C)(C)C)cc3)cc(-c3ccc(C(C)(C)C)cc3)c2)cc(-c2cc(-c3ccc(C(C)(C)C)cc3)cc(-c3ccc(C(C)(C)C)cc3)c2)c1. The third-order valence-electron chi connectivity index (χ3n) is 33.0. The van der Waals surface area contributed by atoms with Crippen LogP contribution in [0.15, 0.2) is 406 Å². The van der Waals surface area contributed by atoms with Crippen LogP contribution in [-0.2, 0) is 54.1 Å². The van der Waals surface area contributed by atoms with Crippen molar-refractivity contribution in [1.29, 1.82) is 0 Å². The minimum absolute atomic E-state index is 0.0553. The highest BCUT2D eigenvalue weighted by molar-refractivity contribution is 6.06.